The molecule has 0 fully saturated rings. The van der Waals surface area contributed by atoms with Gasteiger partial charge in [-0.3, -0.25) is 9.89 Å². The molecule has 0 saturated heterocycles. The highest BCUT2D eigenvalue weighted by Crippen LogP contribution is 2.18. The Hall–Kier alpha value is -2.10. The van der Waals surface area contributed by atoms with E-state index >= 15 is 0 Å². The molecular weight excluding hydrogens is 226 g/mol. The molecule has 0 aliphatic heterocycles. The number of hydrogen-bond acceptors (Lipinski definition) is 2. The standard InChI is InChI=1S/C14H17N3O/c1-9(2)15-14(18)13-8-12(16-17-13)11-6-4-10(3)5-7-11/h4-9H,1-3H3,(H,15,18)(H,16,17). The Morgan fingerprint density at radius 3 is 2.56 bits per heavy atom. The van der Waals surface area contributed by atoms with Crippen LogP contribution in [0.15, 0.2) is 30.3 Å². The lowest BCUT2D eigenvalue weighted by atomic mass is 10.1. The molecule has 2 aromatic rings. The van der Waals surface area contributed by atoms with E-state index in [2.05, 4.69) is 15.5 Å². The molecule has 1 aromatic heterocycles. The molecule has 0 atom stereocenters. The monoisotopic (exact) mass is 243 g/mol. The van der Waals surface area contributed by atoms with Crippen LogP contribution in [0.4, 0.5) is 0 Å². The molecule has 0 unspecified atom stereocenters. The molecule has 2 N–H and O–H groups in total. The van der Waals surface area contributed by atoms with E-state index in [0.717, 1.165) is 11.3 Å². The van der Waals surface area contributed by atoms with E-state index in [1.54, 1.807) is 6.07 Å². The zero-order valence-electron chi connectivity index (χ0n) is 10.8. The molecule has 4 heteroatoms. The van der Waals surface area contributed by atoms with Gasteiger partial charge in [-0.05, 0) is 26.8 Å². The third kappa shape index (κ3) is 2.77. The number of aromatic amines is 1. The van der Waals surface area contributed by atoms with Crippen molar-refractivity contribution in [1.29, 1.82) is 0 Å². The Bertz CT molecular complexity index is 540. The number of carbonyl (C=O) groups excluding carboxylic acids is 1. The third-order valence-electron chi connectivity index (χ3n) is 2.59. The van der Waals surface area contributed by atoms with Gasteiger partial charge in [-0.1, -0.05) is 29.8 Å². The first-order valence-electron chi connectivity index (χ1n) is 5.99. The van der Waals surface area contributed by atoms with Crippen molar-refractivity contribution in [2.24, 2.45) is 0 Å². The first-order chi connectivity index (χ1) is 8.56. The van der Waals surface area contributed by atoms with E-state index in [1.165, 1.54) is 5.56 Å². The number of aromatic nitrogens is 2. The molecule has 0 radical (unpaired) electrons. The molecule has 2 rings (SSSR count). The van der Waals surface area contributed by atoms with E-state index in [-0.39, 0.29) is 11.9 Å². The zero-order valence-corrected chi connectivity index (χ0v) is 10.8. The van der Waals surface area contributed by atoms with Crippen LogP contribution in [0.2, 0.25) is 0 Å². The number of nitrogens with zero attached hydrogens (tertiary/aromatic N) is 1. The molecular formula is C14H17N3O. The second-order valence-corrected chi connectivity index (χ2v) is 4.66. The van der Waals surface area contributed by atoms with Crippen molar-refractivity contribution < 1.29 is 4.79 Å². The third-order valence-corrected chi connectivity index (χ3v) is 2.59. The Kier molecular flexibility index (Phi) is 3.46. The van der Waals surface area contributed by atoms with Crippen LogP contribution < -0.4 is 5.32 Å². The molecule has 0 aliphatic rings. The van der Waals surface area contributed by atoms with Gasteiger partial charge in [-0.25, -0.2) is 0 Å². The molecule has 18 heavy (non-hydrogen) atoms. The fraction of sp³-hybridized carbons (Fsp3) is 0.286. The number of rotatable bonds is 3. The van der Waals surface area contributed by atoms with Crippen LogP contribution in [0, 0.1) is 6.92 Å². The first-order valence-corrected chi connectivity index (χ1v) is 5.99. The predicted molar refractivity (Wildman–Crippen MR) is 71.4 cm³/mol. The lowest BCUT2D eigenvalue weighted by Crippen LogP contribution is -2.30. The zero-order chi connectivity index (χ0) is 13.1. The maximum absolute atomic E-state index is 11.8. The minimum Gasteiger partial charge on any atom is -0.349 e. The Balaban J connectivity index is 2.20. The van der Waals surface area contributed by atoms with Gasteiger partial charge < -0.3 is 5.32 Å². The lowest BCUT2D eigenvalue weighted by Gasteiger charge is -2.05. The van der Waals surface area contributed by atoms with Gasteiger partial charge in [0.25, 0.3) is 5.91 Å². The summed E-state index contributed by atoms with van der Waals surface area (Å²) < 4.78 is 0. The smallest absolute Gasteiger partial charge is 0.269 e. The summed E-state index contributed by atoms with van der Waals surface area (Å²) in [6.45, 7) is 5.89. The van der Waals surface area contributed by atoms with Crippen LogP contribution in [-0.4, -0.2) is 22.1 Å². The largest absolute Gasteiger partial charge is 0.349 e. The molecule has 0 aliphatic carbocycles. The first kappa shape index (κ1) is 12.4. The SMILES string of the molecule is Cc1ccc(-c2cc(C(=O)NC(C)C)[nH]n2)cc1. The Labute approximate surface area is 106 Å². The van der Waals surface area contributed by atoms with Gasteiger partial charge in [0.15, 0.2) is 0 Å². The van der Waals surface area contributed by atoms with E-state index in [1.807, 2.05) is 45.0 Å². The highest BCUT2D eigenvalue weighted by atomic mass is 16.2. The highest BCUT2D eigenvalue weighted by molar-refractivity contribution is 5.93. The molecule has 1 aromatic carbocycles. The number of aryl methyl sites for hydroxylation is 1. The molecule has 1 heterocycles. The van der Waals surface area contributed by atoms with Crippen LogP contribution in [0.5, 0.6) is 0 Å². The van der Waals surface area contributed by atoms with E-state index < -0.39 is 0 Å². The van der Waals surface area contributed by atoms with E-state index in [9.17, 15) is 4.79 Å². The summed E-state index contributed by atoms with van der Waals surface area (Å²) in [5.74, 6) is -0.129. The summed E-state index contributed by atoms with van der Waals surface area (Å²) in [4.78, 5) is 11.8. The van der Waals surface area contributed by atoms with Crippen LogP contribution in [-0.2, 0) is 0 Å². The van der Waals surface area contributed by atoms with Crippen LogP contribution in [0.3, 0.4) is 0 Å². The molecule has 0 saturated carbocycles. The lowest BCUT2D eigenvalue weighted by molar-refractivity contribution is 0.0938. The van der Waals surface area contributed by atoms with Gasteiger partial charge in [-0.2, -0.15) is 5.10 Å². The molecule has 0 bridgehead atoms. The molecule has 1 amide bonds. The molecule has 4 nitrogen and oxygen atoms in total. The fourth-order valence-electron chi connectivity index (χ4n) is 1.65. The van der Waals surface area contributed by atoms with E-state index in [4.69, 9.17) is 0 Å². The summed E-state index contributed by atoms with van der Waals surface area (Å²) in [6.07, 6.45) is 0. The van der Waals surface area contributed by atoms with E-state index in [0.29, 0.717) is 5.69 Å². The number of hydrogen-bond donors (Lipinski definition) is 2. The number of amides is 1. The van der Waals surface area contributed by atoms with Crippen molar-refractivity contribution in [3.63, 3.8) is 0 Å². The van der Waals surface area contributed by atoms with Crippen LogP contribution in [0.1, 0.15) is 29.9 Å². The van der Waals surface area contributed by atoms with Crippen molar-refractivity contribution in [3.05, 3.63) is 41.6 Å². The van der Waals surface area contributed by atoms with Crippen LogP contribution in [0.25, 0.3) is 11.3 Å². The predicted octanol–water partition coefficient (Wildman–Crippen LogP) is 2.52. The molecule has 0 spiro atoms. The van der Waals surface area contributed by atoms with Crippen molar-refractivity contribution in [1.82, 2.24) is 15.5 Å². The number of benzene rings is 1. The number of carbonyl (C=O) groups is 1. The summed E-state index contributed by atoms with van der Waals surface area (Å²) in [5, 5.41) is 9.74. The summed E-state index contributed by atoms with van der Waals surface area (Å²) in [5.41, 5.74) is 3.47. The van der Waals surface area contributed by atoms with Crippen LogP contribution >= 0.6 is 0 Å². The van der Waals surface area contributed by atoms with Crippen molar-refractivity contribution in [2.75, 3.05) is 0 Å². The van der Waals surface area contributed by atoms with Gasteiger partial charge in [0.2, 0.25) is 0 Å². The van der Waals surface area contributed by atoms with Gasteiger partial charge >= 0.3 is 0 Å². The average Bonchev–Trinajstić information content (AvgIpc) is 2.78. The van der Waals surface area contributed by atoms with Crippen molar-refractivity contribution in [2.45, 2.75) is 26.8 Å². The normalized spacial score (nSPS) is 10.7. The van der Waals surface area contributed by atoms with Gasteiger partial charge in [0.05, 0.1) is 5.69 Å². The average molecular weight is 243 g/mol. The number of H-pyrrole nitrogens is 1. The topological polar surface area (TPSA) is 57.8 Å². The Morgan fingerprint density at radius 1 is 1.28 bits per heavy atom. The van der Waals surface area contributed by atoms with Gasteiger partial charge in [-0.15, -0.1) is 0 Å². The van der Waals surface area contributed by atoms with Crippen molar-refractivity contribution >= 4 is 5.91 Å². The maximum atomic E-state index is 11.8. The number of nitrogens with one attached hydrogen (secondary N) is 2. The second kappa shape index (κ2) is 5.04. The summed E-state index contributed by atoms with van der Waals surface area (Å²) in [6, 6.07) is 9.92. The minimum absolute atomic E-state index is 0.114. The van der Waals surface area contributed by atoms with Gasteiger partial charge in [0.1, 0.15) is 5.69 Å². The quantitative estimate of drug-likeness (QED) is 0.870. The summed E-state index contributed by atoms with van der Waals surface area (Å²) >= 11 is 0. The van der Waals surface area contributed by atoms with Crippen molar-refractivity contribution in [3.8, 4) is 11.3 Å². The molecule has 94 valence electrons. The minimum atomic E-state index is -0.129. The second-order valence-electron chi connectivity index (χ2n) is 4.66. The fourth-order valence-corrected chi connectivity index (χ4v) is 1.65. The summed E-state index contributed by atoms with van der Waals surface area (Å²) in [7, 11) is 0. The van der Waals surface area contributed by atoms with Gasteiger partial charge in [0, 0.05) is 11.6 Å². The highest BCUT2D eigenvalue weighted by Gasteiger charge is 2.11. The maximum Gasteiger partial charge on any atom is 0.269 e. The Morgan fingerprint density at radius 2 is 1.94 bits per heavy atom.